The molecule has 1 aromatic carbocycles. The largest absolute Gasteiger partial charge is 0.445 e. The quantitative estimate of drug-likeness (QED) is 0.728. The molecule has 2 amide bonds. The van der Waals surface area contributed by atoms with Crippen LogP contribution in [0.2, 0.25) is 0 Å². The minimum atomic E-state index is -0.268. The smallest absolute Gasteiger partial charge is 0.410 e. The van der Waals surface area contributed by atoms with Crippen molar-refractivity contribution in [1.82, 2.24) is 9.80 Å². The van der Waals surface area contributed by atoms with E-state index in [0.717, 1.165) is 37.8 Å². The van der Waals surface area contributed by atoms with Gasteiger partial charge in [-0.1, -0.05) is 30.3 Å². The molecule has 0 bridgehead atoms. The number of hydrogen-bond donors (Lipinski definition) is 0. The molecule has 1 atom stereocenters. The van der Waals surface area contributed by atoms with E-state index in [-0.39, 0.29) is 17.9 Å². The van der Waals surface area contributed by atoms with Crippen LogP contribution < -0.4 is 0 Å². The number of piperidine rings is 1. The topological polar surface area (TPSA) is 49.9 Å². The number of amides is 2. The zero-order chi connectivity index (χ0) is 17.6. The van der Waals surface area contributed by atoms with Gasteiger partial charge in [-0.2, -0.15) is 0 Å². The molecule has 136 valence electrons. The Bertz CT molecular complexity index is 592. The van der Waals surface area contributed by atoms with Crippen molar-refractivity contribution in [2.24, 2.45) is 5.92 Å². The summed E-state index contributed by atoms with van der Waals surface area (Å²) in [6.45, 7) is 2.35. The molecule has 1 saturated heterocycles. The van der Waals surface area contributed by atoms with Crippen molar-refractivity contribution >= 4 is 23.6 Å². The molecular formula is C19H25ClN2O3. The molecule has 0 aromatic heterocycles. The van der Waals surface area contributed by atoms with E-state index in [1.54, 1.807) is 4.90 Å². The van der Waals surface area contributed by atoms with E-state index in [9.17, 15) is 9.59 Å². The summed E-state index contributed by atoms with van der Waals surface area (Å²) in [7, 11) is 0. The Kier molecular flexibility index (Phi) is 6.19. The highest BCUT2D eigenvalue weighted by Gasteiger charge is 2.35. The molecule has 2 fully saturated rings. The van der Waals surface area contributed by atoms with Crippen molar-refractivity contribution in [2.75, 3.05) is 25.5 Å². The minimum Gasteiger partial charge on any atom is -0.445 e. The monoisotopic (exact) mass is 364 g/mol. The second kappa shape index (κ2) is 8.56. The lowest BCUT2D eigenvalue weighted by Gasteiger charge is -2.35. The van der Waals surface area contributed by atoms with E-state index in [1.807, 2.05) is 35.2 Å². The van der Waals surface area contributed by atoms with Gasteiger partial charge in [0.05, 0.1) is 0 Å². The Morgan fingerprint density at radius 2 is 1.96 bits per heavy atom. The fourth-order valence-electron chi connectivity index (χ4n) is 3.39. The van der Waals surface area contributed by atoms with Gasteiger partial charge in [0.15, 0.2) is 0 Å². The zero-order valence-corrected chi connectivity index (χ0v) is 15.2. The summed E-state index contributed by atoms with van der Waals surface area (Å²) >= 11 is 5.74. The minimum absolute atomic E-state index is 0.00736. The van der Waals surface area contributed by atoms with Gasteiger partial charge in [0.2, 0.25) is 5.91 Å². The normalized spacial score (nSPS) is 20.2. The first-order valence-corrected chi connectivity index (χ1v) is 9.52. The highest BCUT2D eigenvalue weighted by Crippen LogP contribution is 2.29. The second-order valence-electron chi connectivity index (χ2n) is 6.91. The summed E-state index contributed by atoms with van der Waals surface area (Å²) in [5, 5.41) is 0. The van der Waals surface area contributed by atoms with Gasteiger partial charge in [0.1, 0.15) is 12.5 Å². The van der Waals surface area contributed by atoms with Crippen molar-refractivity contribution in [2.45, 2.75) is 38.3 Å². The predicted octanol–water partition coefficient (Wildman–Crippen LogP) is 3.27. The van der Waals surface area contributed by atoms with Gasteiger partial charge in [-0.3, -0.25) is 4.79 Å². The van der Waals surface area contributed by atoms with Crippen LogP contribution in [0.25, 0.3) is 0 Å². The lowest BCUT2D eigenvalue weighted by atomic mass is 9.97. The van der Waals surface area contributed by atoms with Crippen LogP contribution >= 0.6 is 11.6 Å². The third-order valence-corrected chi connectivity index (χ3v) is 5.09. The fourth-order valence-corrected chi connectivity index (χ4v) is 3.54. The molecule has 3 rings (SSSR count). The Balaban J connectivity index is 1.50. The Morgan fingerprint density at radius 3 is 2.64 bits per heavy atom. The maximum Gasteiger partial charge on any atom is 0.410 e. The lowest BCUT2D eigenvalue weighted by Crippen LogP contribution is -2.46. The Labute approximate surface area is 153 Å². The molecule has 0 spiro atoms. The summed E-state index contributed by atoms with van der Waals surface area (Å²) in [4.78, 5) is 28.1. The lowest BCUT2D eigenvalue weighted by molar-refractivity contribution is -0.129. The summed E-state index contributed by atoms with van der Waals surface area (Å²) < 4.78 is 5.43. The molecule has 1 unspecified atom stereocenters. The summed E-state index contributed by atoms with van der Waals surface area (Å²) in [6.07, 6.45) is 3.84. The van der Waals surface area contributed by atoms with Crippen molar-refractivity contribution in [3.05, 3.63) is 35.9 Å². The molecular weight excluding hydrogens is 340 g/mol. The number of benzene rings is 1. The van der Waals surface area contributed by atoms with E-state index in [4.69, 9.17) is 16.3 Å². The first-order valence-electron chi connectivity index (χ1n) is 8.98. The van der Waals surface area contributed by atoms with Crippen molar-refractivity contribution in [3.63, 3.8) is 0 Å². The van der Waals surface area contributed by atoms with Crippen LogP contribution in [0.4, 0.5) is 4.79 Å². The SMILES string of the molecule is O=C(OCc1ccccc1)N1CCCC(CN(C(=O)CCl)C2CC2)C1. The Morgan fingerprint density at radius 1 is 1.20 bits per heavy atom. The van der Waals surface area contributed by atoms with Crippen LogP contribution in [0.15, 0.2) is 30.3 Å². The fraction of sp³-hybridized carbons (Fsp3) is 0.579. The molecule has 0 radical (unpaired) electrons. The third-order valence-electron chi connectivity index (χ3n) is 4.86. The van der Waals surface area contributed by atoms with Crippen LogP contribution in [0, 0.1) is 5.92 Å². The molecule has 0 N–H and O–H groups in total. The molecule has 2 aliphatic rings. The molecule has 25 heavy (non-hydrogen) atoms. The van der Waals surface area contributed by atoms with Gasteiger partial charge in [-0.05, 0) is 37.2 Å². The standard InChI is InChI=1S/C19H25ClN2O3/c20-11-18(23)22(17-8-9-17)13-16-7-4-10-21(12-16)19(24)25-14-15-5-2-1-3-6-15/h1-3,5-6,16-17H,4,7-14H2. The molecule has 1 saturated carbocycles. The number of carbonyl (C=O) groups is 2. The van der Waals surface area contributed by atoms with Crippen LogP contribution in [-0.2, 0) is 16.1 Å². The van der Waals surface area contributed by atoms with E-state index in [0.29, 0.717) is 31.7 Å². The second-order valence-corrected chi connectivity index (χ2v) is 7.17. The highest BCUT2D eigenvalue weighted by atomic mass is 35.5. The van der Waals surface area contributed by atoms with Crippen molar-refractivity contribution < 1.29 is 14.3 Å². The average Bonchev–Trinajstić information content (AvgIpc) is 3.49. The number of carbonyl (C=O) groups excluding carboxylic acids is 2. The highest BCUT2D eigenvalue weighted by molar-refractivity contribution is 6.27. The maximum atomic E-state index is 12.3. The number of alkyl halides is 1. The van der Waals surface area contributed by atoms with Gasteiger partial charge in [0.25, 0.3) is 0 Å². The zero-order valence-electron chi connectivity index (χ0n) is 14.4. The molecule has 6 heteroatoms. The van der Waals surface area contributed by atoms with Gasteiger partial charge in [-0.25, -0.2) is 4.79 Å². The van der Waals surface area contributed by atoms with Crippen LogP contribution in [0.3, 0.4) is 0 Å². The molecule has 5 nitrogen and oxygen atoms in total. The summed E-state index contributed by atoms with van der Waals surface area (Å²) in [5.74, 6) is 0.338. The molecule has 1 aliphatic heterocycles. The number of rotatable bonds is 6. The number of hydrogen-bond acceptors (Lipinski definition) is 3. The number of halogens is 1. The number of nitrogens with zero attached hydrogens (tertiary/aromatic N) is 2. The number of ether oxygens (including phenoxy) is 1. The van der Waals surface area contributed by atoms with Crippen LogP contribution in [0.1, 0.15) is 31.2 Å². The molecule has 1 aromatic rings. The Hall–Kier alpha value is -1.75. The van der Waals surface area contributed by atoms with Crippen LogP contribution in [0.5, 0.6) is 0 Å². The van der Waals surface area contributed by atoms with Crippen molar-refractivity contribution in [1.29, 1.82) is 0 Å². The van der Waals surface area contributed by atoms with E-state index in [2.05, 4.69) is 0 Å². The summed E-state index contributed by atoms with van der Waals surface area (Å²) in [5.41, 5.74) is 0.983. The van der Waals surface area contributed by atoms with Gasteiger partial charge in [0, 0.05) is 25.7 Å². The predicted molar refractivity (Wildman–Crippen MR) is 96.4 cm³/mol. The maximum absolute atomic E-state index is 12.3. The first-order chi connectivity index (χ1) is 12.2. The first kappa shape index (κ1) is 18.1. The van der Waals surface area contributed by atoms with Crippen LogP contribution in [-0.4, -0.2) is 53.4 Å². The average molecular weight is 365 g/mol. The van der Waals surface area contributed by atoms with E-state index >= 15 is 0 Å². The summed E-state index contributed by atoms with van der Waals surface area (Å²) in [6, 6.07) is 10.0. The molecule has 1 heterocycles. The van der Waals surface area contributed by atoms with Gasteiger partial charge < -0.3 is 14.5 Å². The number of likely N-dealkylation sites (tertiary alicyclic amines) is 1. The van der Waals surface area contributed by atoms with E-state index in [1.165, 1.54) is 0 Å². The van der Waals surface area contributed by atoms with Crippen molar-refractivity contribution in [3.8, 4) is 0 Å². The van der Waals surface area contributed by atoms with Gasteiger partial charge >= 0.3 is 6.09 Å². The third kappa shape index (κ3) is 5.11. The van der Waals surface area contributed by atoms with E-state index < -0.39 is 0 Å². The molecule has 1 aliphatic carbocycles. The van der Waals surface area contributed by atoms with Gasteiger partial charge in [-0.15, -0.1) is 11.6 Å².